The number of hydrogen-bond donors (Lipinski definition) is 2. The van der Waals surface area contributed by atoms with E-state index < -0.39 is 42.3 Å². The van der Waals surface area contributed by atoms with Crippen LogP contribution >= 0.6 is 11.6 Å². The fraction of sp³-hybridized carbons (Fsp3) is 0.158. The van der Waals surface area contributed by atoms with E-state index in [2.05, 4.69) is 15.3 Å². The van der Waals surface area contributed by atoms with Crippen LogP contribution in [-0.4, -0.2) is 50.7 Å². The second-order valence-corrected chi connectivity index (χ2v) is 6.74. The molecule has 3 aromatic heterocycles. The molecule has 0 aliphatic rings. The Bertz CT molecular complexity index is 1670. The normalized spacial score (nSPS) is 13.4. The summed E-state index contributed by atoms with van der Waals surface area (Å²) >= 11 is 6.00. The highest BCUT2D eigenvalue weighted by molar-refractivity contribution is 6.31. The van der Waals surface area contributed by atoms with Crippen molar-refractivity contribution in [1.29, 1.82) is 0 Å². The van der Waals surface area contributed by atoms with E-state index in [-0.39, 0.29) is 22.3 Å². The van der Waals surface area contributed by atoms with Crippen LogP contribution in [0.25, 0.3) is 16.7 Å². The molecular formula is C19H12ClF6N7O5. The lowest BCUT2D eigenvalue weighted by Crippen LogP contribution is -2.37. The standard InChI is InChI=1S/C15H10ClN7O.2C2HF3O2/c16-9-4-5-12-10(7-9)18-11(15-20-21-22-23(12)15)8-14(24)19-13-3-1-2-6-17-13;2*3-2(4,5)1(6)7/h1-7H,8H2,(H,17,19,24);2*(H,6,7)/i8D2;;/hD3. The van der Waals surface area contributed by atoms with Crippen LogP contribution in [0.4, 0.5) is 32.2 Å². The lowest BCUT2D eigenvalue weighted by molar-refractivity contribution is -0.554. The molecule has 202 valence electrons. The number of alkyl halides is 6. The first-order chi connectivity index (χ1) is 19.6. The molecule has 12 nitrogen and oxygen atoms in total. The summed E-state index contributed by atoms with van der Waals surface area (Å²) in [6, 6.07) is 8.99. The average Bonchev–Trinajstić information content (AvgIpc) is 3.28. The third kappa shape index (κ3) is 8.50. The zero-order chi connectivity index (χ0) is 33.1. The van der Waals surface area contributed by atoms with Crippen LogP contribution in [0, 0.1) is 0 Å². The van der Waals surface area contributed by atoms with Gasteiger partial charge in [0, 0.05) is 13.8 Å². The van der Waals surface area contributed by atoms with Gasteiger partial charge >= 0.3 is 28.1 Å². The molecule has 0 fully saturated rings. The quantitative estimate of drug-likeness (QED) is 0.239. The van der Waals surface area contributed by atoms with E-state index in [9.17, 15) is 31.1 Å². The number of aromatic amines is 2. The van der Waals surface area contributed by atoms with Crippen LogP contribution in [-0.2, 0) is 20.8 Å². The number of fused-ring (bicyclic) bond motifs is 3. The molecule has 38 heavy (non-hydrogen) atoms. The molecule has 4 aromatic rings. The molecule has 3 heterocycles. The Labute approximate surface area is 218 Å². The molecule has 0 spiro atoms. The highest BCUT2D eigenvalue weighted by Gasteiger charge is 2.29. The number of carbonyl (C=O) groups excluding carboxylic acids is 3. The number of nitrogens with zero attached hydrogens (tertiary/aromatic N) is 4. The summed E-state index contributed by atoms with van der Waals surface area (Å²) in [5, 5.41) is 26.3. The van der Waals surface area contributed by atoms with Crippen molar-refractivity contribution in [3.63, 3.8) is 0 Å². The zero-order valence-corrected chi connectivity index (χ0v) is 18.6. The van der Waals surface area contributed by atoms with Gasteiger partial charge in [-0.05, 0) is 29.5 Å². The summed E-state index contributed by atoms with van der Waals surface area (Å²) in [7, 11) is 0. The molecule has 4 rings (SSSR count). The van der Waals surface area contributed by atoms with E-state index in [1.165, 1.54) is 35.0 Å². The molecule has 1 aromatic carbocycles. The van der Waals surface area contributed by atoms with Gasteiger partial charge in [0.05, 0.1) is 22.9 Å². The first-order valence-corrected chi connectivity index (χ1v) is 9.65. The number of benzene rings is 1. The molecule has 0 aliphatic carbocycles. The molecule has 0 radical (unpaired) electrons. The summed E-state index contributed by atoms with van der Waals surface area (Å²) in [6.45, 7) is 0. The van der Waals surface area contributed by atoms with Crippen LogP contribution < -0.4 is 25.0 Å². The number of carbonyl (C=O) groups is 3. The van der Waals surface area contributed by atoms with Gasteiger partial charge in [0.15, 0.2) is 5.52 Å². The summed E-state index contributed by atoms with van der Waals surface area (Å²) in [4.78, 5) is 35.4. The number of tetrazole rings is 1. The van der Waals surface area contributed by atoms with Gasteiger partial charge in [0.1, 0.15) is 23.1 Å². The Morgan fingerprint density at radius 2 is 1.76 bits per heavy atom. The van der Waals surface area contributed by atoms with Crippen molar-refractivity contribution in [1.82, 2.24) is 20.5 Å². The Balaban J connectivity index is 0.000000384. The average molecular weight is 573 g/mol. The van der Waals surface area contributed by atoms with Gasteiger partial charge in [-0.25, -0.2) is 20.1 Å². The van der Waals surface area contributed by atoms with Crippen LogP contribution in [0.3, 0.4) is 0 Å². The van der Waals surface area contributed by atoms with Crippen LogP contribution in [0.1, 0.15) is 8.44 Å². The van der Waals surface area contributed by atoms with Gasteiger partial charge in [-0.1, -0.05) is 22.2 Å². The SMILES string of the molecule is O=C([O-])C(F)(F)F.O=C([O-])C(F)(F)F.[2H]N(C(=O)C([2H])([2H])c1nc2cc(Cl)ccc2[n+]2nn([2H])nc12)c1cccc[n+]1[2H]. The van der Waals surface area contributed by atoms with E-state index >= 15 is 0 Å². The minimum absolute atomic E-state index is 0.159. The number of aromatic nitrogens is 6. The van der Waals surface area contributed by atoms with Crippen LogP contribution in [0.15, 0.2) is 42.6 Å². The Kier molecular flexibility index (Phi) is 7.18. The third-order valence-corrected chi connectivity index (χ3v) is 3.87. The number of nitrogens with one attached hydrogen (secondary N) is 3. The lowest BCUT2D eigenvalue weighted by atomic mass is 10.2. The van der Waals surface area contributed by atoms with Gasteiger partial charge in [-0.15, -0.1) is 0 Å². The lowest BCUT2D eigenvalue weighted by Gasteiger charge is -2.03. The number of aliphatic carboxylic acids is 2. The van der Waals surface area contributed by atoms with Crippen molar-refractivity contribution in [2.45, 2.75) is 18.7 Å². The largest absolute Gasteiger partial charge is 0.542 e. The fourth-order valence-electron chi connectivity index (χ4n) is 2.17. The summed E-state index contributed by atoms with van der Waals surface area (Å²) in [5.41, 5.74) is 0.0486. The van der Waals surface area contributed by atoms with Crippen LogP contribution in [0.2, 0.25) is 9.26 Å². The highest BCUT2D eigenvalue weighted by atomic mass is 35.5. The second kappa shape index (κ2) is 12.1. The maximum atomic E-state index is 12.9. The first kappa shape index (κ1) is 22.6. The third-order valence-electron chi connectivity index (χ3n) is 3.63. The number of carboxylic acids is 2. The fourth-order valence-corrected chi connectivity index (χ4v) is 2.34. The van der Waals surface area contributed by atoms with E-state index in [0.717, 1.165) is 4.98 Å². The molecule has 0 aliphatic heterocycles. The number of rotatable bonds is 3. The molecule has 1 amide bonds. The second-order valence-electron chi connectivity index (χ2n) is 6.31. The summed E-state index contributed by atoms with van der Waals surface area (Å²) in [5.74, 6) is -7.47. The maximum absolute atomic E-state index is 12.9. The minimum Gasteiger partial charge on any atom is -0.542 e. The van der Waals surface area contributed by atoms with Gasteiger partial charge in [-0.2, -0.15) is 26.3 Å². The van der Waals surface area contributed by atoms with Crippen molar-refractivity contribution in [3.05, 3.63) is 53.3 Å². The van der Waals surface area contributed by atoms with Crippen LogP contribution in [0.5, 0.6) is 0 Å². The Morgan fingerprint density at radius 3 is 2.32 bits per heavy atom. The van der Waals surface area contributed by atoms with Crippen molar-refractivity contribution in [2.75, 3.05) is 5.31 Å². The number of H-pyrrole nitrogens is 2. The summed E-state index contributed by atoms with van der Waals surface area (Å²) in [6.07, 6.45) is -11.9. The van der Waals surface area contributed by atoms with Crippen molar-refractivity contribution in [3.8, 4) is 0 Å². The molecule has 0 bridgehead atoms. The highest BCUT2D eigenvalue weighted by Crippen LogP contribution is 2.17. The molecule has 3 N–H and O–H groups in total. The van der Waals surface area contributed by atoms with Crippen molar-refractivity contribution < 1.29 is 67.4 Å². The number of anilines is 1. The van der Waals surface area contributed by atoms with E-state index in [1.54, 1.807) is 12.1 Å². The number of halogens is 7. The maximum Gasteiger partial charge on any atom is 0.430 e. The van der Waals surface area contributed by atoms with E-state index in [1.807, 2.05) is 0 Å². The molecule has 0 saturated heterocycles. The van der Waals surface area contributed by atoms with Crippen molar-refractivity contribution in [2.24, 2.45) is 0 Å². The topological polar surface area (TPSA) is 182 Å². The first-order valence-electron chi connectivity index (χ1n) is 11.6. The number of carboxylic acid groups (broad SMARTS) is 2. The predicted molar refractivity (Wildman–Crippen MR) is 107 cm³/mol. The van der Waals surface area contributed by atoms with Crippen molar-refractivity contribution >= 4 is 51.9 Å². The molecule has 0 unspecified atom stereocenters. The van der Waals surface area contributed by atoms with Gasteiger partial charge in [0.25, 0.3) is 5.82 Å². The zero-order valence-electron chi connectivity index (χ0n) is 22.9. The smallest absolute Gasteiger partial charge is 0.430 e. The van der Waals surface area contributed by atoms with Gasteiger partial charge in [0.2, 0.25) is 0 Å². The Hall–Kier alpha value is -4.61. The predicted octanol–water partition coefficient (Wildman–Crippen LogP) is -0.663. The molecule has 19 heteroatoms. The van der Waals surface area contributed by atoms with E-state index in [4.69, 9.17) is 38.4 Å². The minimum atomic E-state index is -5.19. The molecule has 0 atom stereocenters. The van der Waals surface area contributed by atoms with Gasteiger partial charge in [-0.3, -0.25) is 0 Å². The number of pyridine rings is 1. The Morgan fingerprint density at radius 1 is 1.16 bits per heavy atom. The van der Waals surface area contributed by atoms with E-state index in [0.29, 0.717) is 15.7 Å². The molecular weight excluding hydrogens is 556 g/mol. The molecule has 0 saturated carbocycles. The summed E-state index contributed by atoms with van der Waals surface area (Å²) < 4.78 is 104. The number of amides is 1. The monoisotopic (exact) mass is 572 g/mol. The number of hydrogen-bond acceptors (Lipinski definition) is 8. The van der Waals surface area contributed by atoms with Gasteiger partial charge < -0.3 is 19.8 Å².